The van der Waals surface area contributed by atoms with Crippen LogP contribution in [-0.2, 0) is 9.53 Å². The van der Waals surface area contributed by atoms with Crippen molar-refractivity contribution in [2.24, 2.45) is 0 Å². The number of ether oxygens (including phenoxy) is 1. The minimum absolute atomic E-state index is 0.194. The molecule has 5 heteroatoms. The Balaban J connectivity index is 2.00. The topological polar surface area (TPSA) is 59.5 Å². The highest BCUT2D eigenvalue weighted by Crippen LogP contribution is 2.12. The van der Waals surface area contributed by atoms with E-state index in [9.17, 15) is 9.59 Å². The van der Waals surface area contributed by atoms with E-state index in [1.54, 1.807) is 17.0 Å². The van der Waals surface area contributed by atoms with Crippen LogP contribution < -0.4 is 0 Å². The highest BCUT2D eigenvalue weighted by Gasteiger charge is 2.16. The van der Waals surface area contributed by atoms with Crippen LogP contribution in [0.25, 0.3) is 10.9 Å². The molecule has 1 aromatic heterocycles. The molecule has 2 aromatic rings. The number of amides is 1. The number of carbonyl (C=O) groups is 2. The molecule has 0 radical (unpaired) electrons. The third-order valence-electron chi connectivity index (χ3n) is 3.33. The molecule has 0 saturated carbocycles. The summed E-state index contributed by atoms with van der Waals surface area (Å²) in [4.78, 5) is 29.9. The average molecular weight is 312 g/mol. The number of benzene rings is 1. The maximum atomic E-state index is 12.1. The van der Waals surface area contributed by atoms with Crippen molar-refractivity contribution in [1.29, 1.82) is 0 Å². The van der Waals surface area contributed by atoms with Crippen LogP contribution in [-0.4, -0.2) is 41.5 Å². The summed E-state index contributed by atoms with van der Waals surface area (Å²) in [6, 6.07) is 10.9. The van der Waals surface area contributed by atoms with Gasteiger partial charge in [-0.25, -0.2) is 9.78 Å². The van der Waals surface area contributed by atoms with Crippen molar-refractivity contribution in [2.75, 3.05) is 19.7 Å². The molecule has 23 heavy (non-hydrogen) atoms. The number of hydrogen-bond acceptors (Lipinski definition) is 4. The van der Waals surface area contributed by atoms with Crippen molar-refractivity contribution < 1.29 is 14.3 Å². The lowest BCUT2D eigenvalue weighted by Crippen LogP contribution is -2.35. The molecule has 0 aliphatic carbocycles. The Kier molecular flexibility index (Phi) is 5.46. The first-order valence-corrected chi connectivity index (χ1v) is 7.46. The van der Waals surface area contributed by atoms with Crippen molar-refractivity contribution in [3.63, 3.8) is 0 Å². The second-order valence-corrected chi connectivity index (χ2v) is 5.33. The Hall–Kier alpha value is -2.69. The molecule has 1 amide bonds. The van der Waals surface area contributed by atoms with Gasteiger partial charge in [-0.05, 0) is 26.0 Å². The Morgan fingerprint density at radius 1 is 1.22 bits per heavy atom. The lowest BCUT2D eigenvalue weighted by Gasteiger charge is -2.20. The number of nitrogens with zero attached hydrogens (tertiary/aromatic N) is 2. The number of fused-ring (bicyclic) bond motifs is 1. The fourth-order valence-corrected chi connectivity index (χ4v) is 2.17. The number of hydrogen-bond donors (Lipinski definition) is 0. The number of pyridine rings is 1. The van der Waals surface area contributed by atoms with Gasteiger partial charge in [0.25, 0.3) is 5.91 Å². The standard InChI is InChI=1S/C18H20N2O3/c1-4-20(11-13(2)3)17(21)12-23-18(22)16-10-9-14-7-5-6-8-15(14)19-16/h5-10H,2,4,11-12H2,1,3H3. The number of likely N-dealkylation sites (N-methyl/N-ethyl adjacent to an activating group) is 1. The zero-order valence-corrected chi connectivity index (χ0v) is 13.4. The van der Waals surface area contributed by atoms with Crippen LogP contribution in [0.2, 0.25) is 0 Å². The van der Waals surface area contributed by atoms with Gasteiger partial charge in [0.05, 0.1) is 5.52 Å². The van der Waals surface area contributed by atoms with Gasteiger partial charge in [-0.1, -0.05) is 36.4 Å². The van der Waals surface area contributed by atoms with E-state index in [4.69, 9.17) is 4.74 Å². The van der Waals surface area contributed by atoms with Gasteiger partial charge in [0.1, 0.15) is 5.69 Å². The lowest BCUT2D eigenvalue weighted by atomic mass is 10.2. The van der Waals surface area contributed by atoms with Crippen LogP contribution in [0.1, 0.15) is 24.3 Å². The summed E-state index contributed by atoms with van der Waals surface area (Å²) in [5, 5.41) is 0.943. The third-order valence-corrected chi connectivity index (χ3v) is 3.33. The van der Waals surface area contributed by atoms with Gasteiger partial charge in [-0.3, -0.25) is 4.79 Å². The number of para-hydroxylation sites is 1. The summed E-state index contributed by atoms with van der Waals surface area (Å²) >= 11 is 0. The Morgan fingerprint density at radius 2 is 1.96 bits per heavy atom. The van der Waals surface area contributed by atoms with Crippen LogP contribution in [0.3, 0.4) is 0 Å². The first-order valence-electron chi connectivity index (χ1n) is 7.46. The highest BCUT2D eigenvalue weighted by molar-refractivity contribution is 5.92. The van der Waals surface area contributed by atoms with Crippen LogP contribution >= 0.6 is 0 Å². The second-order valence-electron chi connectivity index (χ2n) is 5.33. The highest BCUT2D eigenvalue weighted by atomic mass is 16.5. The molecule has 2 rings (SSSR count). The van der Waals surface area contributed by atoms with Gasteiger partial charge in [-0.15, -0.1) is 0 Å². The lowest BCUT2D eigenvalue weighted by molar-refractivity contribution is -0.133. The van der Waals surface area contributed by atoms with Crippen molar-refractivity contribution in [3.05, 3.63) is 54.2 Å². The molecule has 0 fully saturated rings. The molecule has 0 aliphatic rings. The van der Waals surface area contributed by atoms with Crippen LogP contribution in [0, 0.1) is 0 Å². The normalized spacial score (nSPS) is 10.3. The molecule has 0 spiro atoms. The molecule has 0 aliphatic heterocycles. The number of aromatic nitrogens is 1. The molecular formula is C18H20N2O3. The molecule has 0 atom stereocenters. The van der Waals surface area contributed by atoms with Gasteiger partial charge >= 0.3 is 5.97 Å². The zero-order chi connectivity index (χ0) is 16.8. The van der Waals surface area contributed by atoms with E-state index in [1.807, 2.05) is 38.1 Å². The van der Waals surface area contributed by atoms with Gasteiger partial charge < -0.3 is 9.64 Å². The first kappa shape index (κ1) is 16.7. The van der Waals surface area contributed by atoms with Crippen LogP contribution in [0.4, 0.5) is 0 Å². The van der Waals surface area contributed by atoms with Crippen LogP contribution in [0.5, 0.6) is 0 Å². The van der Waals surface area contributed by atoms with Crippen molar-refractivity contribution in [3.8, 4) is 0 Å². The molecule has 0 unspecified atom stereocenters. The summed E-state index contributed by atoms with van der Waals surface area (Å²) in [6.45, 7) is 8.20. The van der Waals surface area contributed by atoms with E-state index in [-0.39, 0.29) is 18.2 Å². The summed E-state index contributed by atoms with van der Waals surface area (Å²) in [5.74, 6) is -0.847. The van der Waals surface area contributed by atoms with Gasteiger partial charge in [0.2, 0.25) is 0 Å². The molecule has 0 saturated heterocycles. The van der Waals surface area contributed by atoms with E-state index in [2.05, 4.69) is 11.6 Å². The number of rotatable bonds is 6. The maximum absolute atomic E-state index is 12.1. The van der Waals surface area contributed by atoms with Gasteiger partial charge in [0, 0.05) is 18.5 Å². The molecule has 0 N–H and O–H groups in total. The first-order chi connectivity index (χ1) is 11.0. The Labute approximate surface area is 135 Å². The summed E-state index contributed by atoms with van der Waals surface area (Å²) < 4.78 is 5.08. The van der Waals surface area contributed by atoms with Crippen molar-refractivity contribution in [2.45, 2.75) is 13.8 Å². The minimum Gasteiger partial charge on any atom is -0.451 e. The van der Waals surface area contributed by atoms with E-state index in [1.165, 1.54) is 0 Å². The second kappa shape index (κ2) is 7.54. The van der Waals surface area contributed by atoms with Gasteiger partial charge in [0.15, 0.2) is 6.61 Å². The van der Waals surface area contributed by atoms with E-state index < -0.39 is 5.97 Å². The Bertz CT molecular complexity index is 740. The van der Waals surface area contributed by atoms with Crippen LogP contribution in [0.15, 0.2) is 48.6 Å². The molecule has 1 aromatic carbocycles. The fraction of sp³-hybridized carbons (Fsp3) is 0.278. The predicted octanol–water partition coefficient (Wildman–Crippen LogP) is 2.82. The van der Waals surface area contributed by atoms with Crippen molar-refractivity contribution >= 4 is 22.8 Å². The predicted molar refractivity (Wildman–Crippen MR) is 89.1 cm³/mol. The van der Waals surface area contributed by atoms with E-state index >= 15 is 0 Å². The average Bonchev–Trinajstić information content (AvgIpc) is 2.56. The Morgan fingerprint density at radius 3 is 2.65 bits per heavy atom. The maximum Gasteiger partial charge on any atom is 0.357 e. The smallest absolute Gasteiger partial charge is 0.357 e. The third kappa shape index (κ3) is 4.39. The fourth-order valence-electron chi connectivity index (χ4n) is 2.17. The van der Waals surface area contributed by atoms with Crippen molar-refractivity contribution in [1.82, 2.24) is 9.88 Å². The zero-order valence-electron chi connectivity index (χ0n) is 13.4. The quantitative estimate of drug-likeness (QED) is 0.608. The molecular weight excluding hydrogens is 292 g/mol. The monoisotopic (exact) mass is 312 g/mol. The molecule has 120 valence electrons. The molecule has 0 bridgehead atoms. The molecule has 1 heterocycles. The largest absolute Gasteiger partial charge is 0.451 e. The van der Waals surface area contributed by atoms with Gasteiger partial charge in [-0.2, -0.15) is 0 Å². The summed E-state index contributed by atoms with van der Waals surface area (Å²) in [6.07, 6.45) is 0. The number of esters is 1. The summed E-state index contributed by atoms with van der Waals surface area (Å²) in [5.41, 5.74) is 1.79. The van der Waals surface area contributed by atoms with E-state index in [0.717, 1.165) is 11.0 Å². The number of carbonyl (C=O) groups excluding carboxylic acids is 2. The van der Waals surface area contributed by atoms with E-state index in [0.29, 0.717) is 18.6 Å². The summed E-state index contributed by atoms with van der Waals surface area (Å²) in [7, 11) is 0. The minimum atomic E-state index is -0.601. The SMILES string of the molecule is C=C(C)CN(CC)C(=O)COC(=O)c1ccc2ccccc2n1. The molecule has 5 nitrogen and oxygen atoms in total.